The summed E-state index contributed by atoms with van der Waals surface area (Å²) in [5.41, 5.74) is 0.466. The van der Waals surface area contributed by atoms with Crippen molar-refractivity contribution in [2.75, 3.05) is 7.05 Å². The van der Waals surface area contributed by atoms with Crippen LogP contribution in [0.15, 0.2) is 30.3 Å². The molecule has 0 radical (unpaired) electrons. The molecule has 2 aliphatic rings. The van der Waals surface area contributed by atoms with Crippen molar-refractivity contribution in [3.05, 3.63) is 35.9 Å². The van der Waals surface area contributed by atoms with Crippen molar-refractivity contribution in [3.63, 3.8) is 0 Å². The van der Waals surface area contributed by atoms with Crippen LogP contribution in [0.1, 0.15) is 29.6 Å². The molecule has 2 fully saturated rings. The number of fused-ring (bicyclic) bond motifs is 2. The minimum absolute atomic E-state index is 0.0326. The first-order chi connectivity index (χ1) is 10.1. The fraction of sp³-hybridized carbons (Fsp3) is 0.500. The Bertz CT molecular complexity index is 544. The number of rotatable bonds is 3. The number of benzene rings is 1. The third kappa shape index (κ3) is 2.53. The second kappa shape index (κ2) is 5.48. The zero-order valence-corrected chi connectivity index (χ0v) is 11.9. The molecule has 5 nitrogen and oxygen atoms in total. The number of carbonyl (C=O) groups excluding carboxylic acids is 1. The van der Waals surface area contributed by atoms with E-state index in [4.69, 9.17) is 4.74 Å². The van der Waals surface area contributed by atoms with Crippen molar-refractivity contribution in [1.29, 1.82) is 0 Å². The Morgan fingerprint density at radius 2 is 1.95 bits per heavy atom. The number of carboxylic acids is 1. The Kier molecular flexibility index (Phi) is 3.68. The lowest BCUT2D eigenvalue weighted by Crippen LogP contribution is -2.53. The molecule has 1 aromatic rings. The van der Waals surface area contributed by atoms with Crippen LogP contribution >= 0.6 is 0 Å². The van der Waals surface area contributed by atoms with E-state index in [1.165, 1.54) is 0 Å². The smallest absolute Gasteiger partial charge is 0.338 e. The third-order valence-corrected chi connectivity index (χ3v) is 4.77. The Balaban J connectivity index is 1.78. The van der Waals surface area contributed by atoms with Crippen LogP contribution in [-0.4, -0.2) is 47.2 Å². The molecule has 21 heavy (non-hydrogen) atoms. The van der Waals surface area contributed by atoms with Crippen molar-refractivity contribution >= 4 is 11.9 Å². The van der Waals surface area contributed by atoms with E-state index in [0.717, 1.165) is 12.8 Å². The fourth-order valence-electron chi connectivity index (χ4n) is 3.65. The molecule has 112 valence electrons. The van der Waals surface area contributed by atoms with Gasteiger partial charge in [0.05, 0.1) is 5.56 Å². The van der Waals surface area contributed by atoms with E-state index in [1.807, 2.05) is 13.1 Å². The fourth-order valence-corrected chi connectivity index (χ4v) is 3.65. The van der Waals surface area contributed by atoms with Crippen LogP contribution in [0.5, 0.6) is 0 Å². The lowest BCUT2D eigenvalue weighted by atomic mass is 9.88. The average molecular weight is 295 g/mol. The van der Waals surface area contributed by atoms with E-state index in [2.05, 4.69) is 4.90 Å². The summed E-state index contributed by atoms with van der Waals surface area (Å²) in [5.74, 6) is -1.95. The molecule has 0 amide bonds. The van der Waals surface area contributed by atoms with E-state index in [9.17, 15) is 14.7 Å². The first kappa shape index (κ1) is 14.1. The predicted octanol–water partition coefficient (Wildman–Crippen LogP) is 1.78. The van der Waals surface area contributed by atoms with Crippen molar-refractivity contribution in [1.82, 2.24) is 4.90 Å². The summed E-state index contributed by atoms with van der Waals surface area (Å²) in [4.78, 5) is 25.9. The van der Waals surface area contributed by atoms with Gasteiger partial charge < -0.3 is 9.84 Å². The topological polar surface area (TPSA) is 66.8 Å². The van der Waals surface area contributed by atoms with E-state index < -0.39 is 24.0 Å². The van der Waals surface area contributed by atoms with Crippen molar-refractivity contribution < 1.29 is 19.4 Å². The maximum absolute atomic E-state index is 12.2. The highest BCUT2D eigenvalue weighted by Crippen LogP contribution is 2.39. The van der Waals surface area contributed by atoms with Gasteiger partial charge in [-0.1, -0.05) is 18.2 Å². The summed E-state index contributed by atoms with van der Waals surface area (Å²) >= 11 is 0. The highest BCUT2D eigenvalue weighted by Gasteiger charge is 2.50. The Morgan fingerprint density at radius 3 is 2.62 bits per heavy atom. The molecule has 3 rings (SSSR count). The molecule has 0 spiro atoms. The normalized spacial score (nSPS) is 31.9. The number of carboxylic acid groups (broad SMARTS) is 1. The summed E-state index contributed by atoms with van der Waals surface area (Å²) in [7, 11) is 1.97. The van der Waals surface area contributed by atoms with E-state index in [0.29, 0.717) is 18.0 Å². The lowest BCUT2D eigenvalue weighted by molar-refractivity contribution is -0.152. The molecule has 0 aromatic heterocycles. The van der Waals surface area contributed by atoms with Gasteiger partial charge in [-0.25, -0.2) is 4.79 Å². The Morgan fingerprint density at radius 1 is 1.24 bits per heavy atom. The average Bonchev–Trinajstić information content (AvgIpc) is 2.72. The van der Waals surface area contributed by atoms with E-state index >= 15 is 0 Å². The molecule has 0 saturated carbocycles. The van der Waals surface area contributed by atoms with Gasteiger partial charge in [0, 0.05) is 18.5 Å². The summed E-state index contributed by atoms with van der Waals surface area (Å²) in [6.45, 7) is 0. The van der Waals surface area contributed by atoms with Gasteiger partial charge in [0.1, 0.15) is 12.0 Å². The number of nitrogens with zero attached hydrogens (tertiary/aromatic N) is 1. The molecule has 1 aromatic carbocycles. The van der Waals surface area contributed by atoms with Crippen LogP contribution in [0, 0.1) is 5.92 Å². The molecule has 0 aliphatic carbocycles. The van der Waals surface area contributed by atoms with Gasteiger partial charge >= 0.3 is 11.9 Å². The van der Waals surface area contributed by atoms with Gasteiger partial charge in [-0.05, 0) is 32.0 Å². The summed E-state index contributed by atoms with van der Waals surface area (Å²) in [5, 5.41) is 9.51. The monoisotopic (exact) mass is 295 g/mol. The van der Waals surface area contributed by atoms with Gasteiger partial charge in [-0.2, -0.15) is 0 Å². The first-order valence-electron chi connectivity index (χ1n) is 7.28. The van der Waals surface area contributed by atoms with E-state index in [-0.39, 0.29) is 6.04 Å². The molecule has 2 bridgehead atoms. The minimum atomic E-state index is -0.877. The number of esters is 1. The number of piperidine rings is 1. The molecular formula is C16H19NO4. The maximum atomic E-state index is 12.2. The number of hydrogen-bond donors (Lipinski definition) is 1. The Hall–Kier alpha value is -1.88. The van der Waals surface area contributed by atoms with Crippen molar-refractivity contribution in [2.45, 2.75) is 37.5 Å². The van der Waals surface area contributed by atoms with Crippen LogP contribution < -0.4 is 0 Å². The van der Waals surface area contributed by atoms with Gasteiger partial charge in [-0.3, -0.25) is 9.69 Å². The maximum Gasteiger partial charge on any atom is 0.338 e. The number of hydrogen-bond acceptors (Lipinski definition) is 4. The minimum Gasteiger partial charge on any atom is -0.481 e. The highest BCUT2D eigenvalue weighted by atomic mass is 16.6. The molecule has 2 saturated heterocycles. The second-order valence-corrected chi connectivity index (χ2v) is 5.87. The second-order valence-electron chi connectivity index (χ2n) is 5.87. The van der Waals surface area contributed by atoms with Gasteiger partial charge in [0.25, 0.3) is 0 Å². The largest absolute Gasteiger partial charge is 0.481 e. The van der Waals surface area contributed by atoms with Crippen LogP contribution in [0.2, 0.25) is 0 Å². The zero-order valence-electron chi connectivity index (χ0n) is 11.9. The zero-order chi connectivity index (χ0) is 15.0. The van der Waals surface area contributed by atoms with Crippen molar-refractivity contribution in [2.24, 2.45) is 5.92 Å². The Labute approximate surface area is 123 Å². The van der Waals surface area contributed by atoms with Gasteiger partial charge in [0.2, 0.25) is 0 Å². The predicted molar refractivity (Wildman–Crippen MR) is 76.0 cm³/mol. The molecule has 5 heteroatoms. The van der Waals surface area contributed by atoms with Crippen LogP contribution in [-0.2, 0) is 9.53 Å². The molecule has 2 unspecified atom stereocenters. The standard InChI is InChI=1S/C16H19NO4/c1-17-11-7-8-12(17)14(15(18)19)13(9-11)21-16(20)10-5-3-2-4-6-10/h2-6,11-14H,7-9H2,1H3,(H,18,19)/t11?,12?,13-,14+/m0/s1/i2+1,3+1,4+1,5+1,6+1,10+1. The van der Waals surface area contributed by atoms with Gasteiger partial charge in [0.15, 0.2) is 0 Å². The molecule has 4 atom stereocenters. The number of carbonyl (C=O) groups is 2. The van der Waals surface area contributed by atoms with Gasteiger partial charge in [-0.15, -0.1) is 0 Å². The summed E-state index contributed by atoms with van der Waals surface area (Å²) < 4.78 is 5.53. The molecule has 2 aliphatic heterocycles. The summed E-state index contributed by atoms with van der Waals surface area (Å²) in [6.07, 6.45) is 1.90. The quantitative estimate of drug-likeness (QED) is 0.861. The lowest BCUT2D eigenvalue weighted by Gasteiger charge is -2.40. The van der Waals surface area contributed by atoms with Crippen LogP contribution in [0.3, 0.4) is 0 Å². The number of ether oxygens (including phenoxy) is 1. The molecular weight excluding hydrogens is 276 g/mol. The highest BCUT2D eigenvalue weighted by molar-refractivity contribution is 5.89. The van der Waals surface area contributed by atoms with Crippen LogP contribution in [0.4, 0.5) is 0 Å². The van der Waals surface area contributed by atoms with E-state index in [1.54, 1.807) is 24.3 Å². The SMILES string of the molecule is CN1C2CCC1[C@@H](C(=O)O)[C@@H](OC(=O)[13c]1[13cH][13cH][13cH][13cH][13cH]1)C2. The summed E-state index contributed by atoms with van der Waals surface area (Å²) in [6, 6.07) is 9.01. The molecule has 1 N–H and O–H groups in total. The first-order valence-corrected chi connectivity index (χ1v) is 7.28. The molecule has 2 heterocycles. The van der Waals surface area contributed by atoms with Crippen LogP contribution in [0.25, 0.3) is 0 Å². The number of aliphatic carboxylic acids is 1. The third-order valence-electron chi connectivity index (χ3n) is 4.77. The van der Waals surface area contributed by atoms with Crippen molar-refractivity contribution in [3.8, 4) is 0 Å².